The Labute approximate surface area is 157 Å². The number of carbonyl (C=O) groups excluding carboxylic acids is 3. The van der Waals surface area contributed by atoms with Gasteiger partial charge in [0.05, 0.1) is 5.56 Å². The quantitative estimate of drug-likeness (QED) is 0.623. The molecule has 0 radical (unpaired) electrons. The SMILES string of the molecule is O=C(CN1C(=O)N/C(=C\c2ccccc2)C1=O)Nc1cccc(C(F)(F)F)c1. The number of rotatable bonds is 4. The summed E-state index contributed by atoms with van der Waals surface area (Å²) in [6.07, 6.45) is -3.09. The summed E-state index contributed by atoms with van der Waals surface area (Å²) in [5.74, 6) is -1.50. The van der Waals surface area contributed by atoms with Crippen molar-refractivity contribution in [3.63, 3.8) is 0 Å². The number of urea groups is 1. The topological polar surface area (TPSA) is 78.5 Å². The number of amides is 4. The van der Waals surface area contributed by atoms with Crippen LogP contribution in [0.4, 0.5) is 23.7 Å². The van der Waals surface area contributed by atoms with Crippen LogP contribution in [-0.4, -0.2) is 29.3 Å². The third kappa shape index (κ3) is 4.37. The van der Waals surface area contributed by atoms with E-state index in [0.717, 1.165) is 18.2 Å². The summed E-state index contributed by atoms with van der Waals surface area (Å²) in [4.78, 5) is 37.1. The molecule has 0 spiro atoms. The van der Waals surface area contributed by atoms with E-state index < -0.39 is 36.1 Å². The van der Waals surface area contributed by atoms with E-state index in [9.17, 15) is 27.6 Å². The lowest BCUT2D eigenvalue weighted by Gasteiger charge is -2.13. The van der Waals surface area contributed by atoms with Gasteiger partial charge in [0.2, 0.25) is 5.91 Å². The summed E-state index contributed by atoms with van der Waals surface area (Å²) < 4.78 is 38.2. The van der Waals surface area contributed by atoms with Crippen LogP contribution in [-0.2, 0) is 15.8 Å². The van der Waals surface area contributed by atoms with Gasteiger partial charge in [-0.25, -0.2) is 9.69 Å². The van der Waals surface area contributed by atoms with Crippen molar-refractivity contribution in [1.29, 1.82) is 0 Å². The number of imide groups is 1. The molecule has 0 saturated carbocycles. The molecule has 2 aromatic rings. The molecule has 2 aromatic carbocycles. The zero-order chi connectivity index (χ0) is 20.3. The number of carbonyl (C=O) groups is 3. The molecule has 3 rings (SSSR count). The number of nitrogens with zero attached hydrogens (tertiary/aromatic N) is 1. The van der Waals surface area contributed by atoms with Crippen molar-refractivity contribution >= 4 is 29.6 Å². The lowest BCUT2D eigenvalue weighted by Crippen LogP contribution is -2.38. The Morgan fingerprint density at radius 2 is 1.79 bits per heavy atom. The molecule has 0 aliphatic carbocycles. The minimum absolute atomic E-state index is 0.00284. The van der Waals surface area contributed by atoms with Crippen molar-refractivity contribution in [3.8, 4) is 0 Å². The van der Waals surface area contributed by atoms with Gasteiger partial charge in [0.15, 0.2) is 0 Å². The Morgan fingerprint density at radius 3 is 2.46 bits per heavy atom. The smallest absolute Gasteiger partial charge is 0.325 e. The van der Waals surface area contributed by atoms with Crippen LogP contribution >= 0.6 is 0 Å². The molecule has 2 N–H and O–H groups in total. The van der Waals surface area contributed by atoms with Gasteiger partial charge in [-0.1, -0.05) is 36.4 Å². The molecule has 4 amide bonds. The fraction of sp³-hybridized carbons (Fsp3) is 0.105. The van der Waals surface area contributed by atoms with Crippen molar-refractivity contribution in [2.45, 2.75) is 6.18 Å². The highest BCUT2D eigenvalue weighted by molar-refractivity contribution is 6.15. The molecule has 0 bridgehead atoms. The van der Waals surface area contributed by atoms with Crippen LogP contribution in [0.5, 0.6) is 0 Å². The third-order valence-electron chi connectivity index (χ3n) is 3.85. The monoisotopic (exact) mass is 389 g/mol. The summed E-state index contributed by atoms with van der Waals surface area (Å²) in [5.41, 5.74) is -0.329. The molecule has 0 unspecified atom stereocenters. The van der Waals surface area contributed by atoms with Gasteiger partial charge in [0, 0.05) is 5.69 Å². The Balaban J connectivity index is 1.68. The van der Waals surface area contributed by atoms with E-state index in [-0.39, 0.29) is 11.4 Å². The predicted molar refractivity (Wildman–Crippen MR) is 94.7 cm³/mol. The minimum Gasteiger partial charge on any atom is -0.325 e. The summed E-state index contributed by atoms with van der Waals surface area (Å²) in [6.45, 7) is -0.632. The number of benzene rings is 2. The minimum atomic E-state index is -4.55. The van der Waals surface area contributed by atoms with Crippen molar-refractivity contribution in [2.24, 2.45) is 0 Å². The highest BCUT2D eigenvalue weighted by atomic mass is 19.4. The van der Waals surface area contributed by atoms with Gasteiger partial charge in [-0.15, -0.1) is 0 Å². The number of hydrogen-bond acceptors (Lipinski definition) is 3. The lowest BCUT2D eigenvalue weighted by molar-refractivity contribution is -0.137. The molecule has 28 heavy (non-hydrogen) atoms. The van der Waals surface area contributed by atoms with E-state index in [2.05, 4.69) is 10.6 Å². The van der Waals surface area contributed by atoms with Crippen LogP contribution in [0.2, 0.25) is 0 Å². The van der Waals surface area contributed by atoms with E-state index >= 15 is 0 Å². The Bertz CT molecular complexity index is 956. The second-order valence-electron chi connectivity index (χ2n) is 5.92. The van der Waals surface area contributed by atoms with Crippen molar-refractivity contribution in [2.75, 3.05) is 11.9 Å². The second kappa shape index (κ2) is 7.55. The molecule has 0 atom stereocenters. The van der Waals surface area contributed by atoms with E-state index in [1.54, 1.807) is 30.3 Å². The highest BCUT2D eigenvalue weighted by Gasteiger charge is 2.35. The van der Waals surface area contributed by atoms with Crippen LogP contribution in [0.25, 0.3) is 6.08 Å². The van der Waals surface area contributed by atoms with Crippen molar-refractivity contribution < 1.29 is 27.6 Å². The number of halogens is 3. The molecule has 0 aromatic heterocycles. The van der Waals surface area contributed by atoms with E-state index in [1.807, 2.05) is 0 Å². The molecule has 1 fully saturated rings. The zero-order valence-corrected chi connectivity index (χ0v) is 14.3. The van der Waals surface area contributed by atoms with Crippen LogP contribution < -0.4 is 10.6 Å². The molecule has 6 nitrogen and oxygen atoms in total. The maximum Gasteiger partial charge on any atom is 0.416 e. The summed E-state index contributed by atoms with van der Waals surface area (Å²) in [6, 6.07) is 12.0. The number of alkyl halides is 3. The molecular formula is C19H14F3N3O3. The summed E-state index contributed by atoms with van der Waals surface area (Å²) in [5, 5.41) is 4.62. The van der Waals surface area contributed by atoms with E-state index in [0.29, 0.717) is 10.5 Å². The van der Waals surface area contributed by atoms with Gasteiger partial charge >= 0.3 is 12.2 Å². The average Bonchev–Trinajstić information content (AvgIpc) is 2.89. The summed E-state index contributed by atoms with van der Waals surface area (Å²) in [7, 11) is 0. The van der Waals surface area contributed by atoms with Crippen LogP contribution in [0.15, 0.2) is 60.3 Å². The molecule has 1 heterocycles. The largest absolute Gasteiger partial charge is 0.416 e. The molecule has 1 aliphatic heterocycles. The van der Waals surface area contributed by atoms with Gasteiger partial charge < -0.3 is 10.6 Å². The predicted octanol–water partition coefficient (Wildman–Crippen LogP) is 3.24. The Kier molecular flexibility index (Phi) is 5.16. The van der Waals surface area contributed by atoms with E-state index in [1.165, 1.54) is 12.1 Å². The normalized spacial score (nSPS) is 15.7. The molecule has 9 heteroatoms. The molecular weight excluding hydrogens is 375 g/mol. The van der Waals surface area contributed by atoms with E-state index in [4.69, 9.17) is 0 Å². The maximum atomic E-state index is 12.7. The first-order valence-electron chi connectivity index (χ1n) is 8.11. The van der Waals surface area contributed by atoms with Crippen molar-refractivity contribution in [1.82, 2.24) is 10.2 Å². The van der Waals surface area contributed by atoms with Crippen molar-refractivity contribution in [3.05, 3.63) is 71.4 Å². The Hall–Kier alpha value is -3.62. The number of anilines is 1. The average molecular weight is 389 g/mol. The third-order valence-corrected chi connectivity index (χ3v) is 3.85. The number of hydrogen-bond donors (Lipinski definition) is 2. The number of nitrogens with one attached hydrogen (secondary N) is 2. The van der Waals surface area contributed by atoms with Crippen LogP contribution in [0, 0.1) is 0 Å². The fourth-order valence-electron chi connectivity index (χ4n) is 2.55. The molecule has 144 valence electrons. The first kappa shape index (κ1) is 19.2. The van der Waals surface area contributed by atoms with Gasteiger partial charge in [0.1, 0.15) is 12.2 Å². The molecule has 1 aliphatic rings. The zero-order valence-electron chi connectivity index (χ0n) is 14.3. The van der Waals surface area contributed by atoms with Crippen LogP contribution in [0.1, 0.15) is 11.1 Å². The first-order valence-corrected chi connectivity index (χ1v) is 8.11. The van der Waals surface area contributed by atoms with Gasteiger partial charge in [-0.3, -0.25) is 9.59 Å². The first-order chi connectivity index (χ1) is 13.2. The van der Waals surface area contributed by atoms with Gasteiger partial charge in [0.25, 0.3) is 5.91 Å². The standard InChI is InChI=1S/C19H14F3N3O3/c20-19(21,22)13-7-4-8-14(10-13)23-16(26)11-25-17(27)15(24-18(25)28)9-12-5-2-1-3-6-12/h1-10H,11H2,(H,23,26)(H,24,28)/b15-9-. The Morgan fingerprint density at radius 1 is 1.07 bits per heavy atom. The second-order valence-corrected chi connectivity index (χ2v) is 5.92. The maximum absolute atomic E-state index is 12.7. The lowest BCUT2D eigenvalue weighted by atomic mass is 10.2. The highest BCUT2D eigenvalue weighted by Crippen LogP contribution is 2.30. The van der Waals surface area contributed by atoms with Crippen LogP contribution in [0.3, 0.4) is 0 Å². The molecule has 1 saturated heterocycles. The fourth-order valence-corrected chi connectivity index (χ4v) is 2.55. The van der Waals surface area contributed by atoms with Gasteiger partial charge in [-0.05, 0) is 29.8 Å². The van der Waals surface area contributed by atoms with Gasteiger partial charge in [-0.2, -0.15) is 13.2 Å². The summed E-state index contributed by atoms with van der Waals surface area (Å²) >= 11 is 0.